The van der Waals surface area contributed by atoms with Crippen molar-refractivity contribution >= 4 is 17.2 Å². The van der Waals surface area contributed by atoms with Gasteiger partial charge >= 0.3 is 0 Å². The molecule has 0 unspecified atom stereocenters. The molecule has 1 aromatic rings. The molecule has 3 atom stereocenters. The zero-order chi connectivity index (χ0) is 15.7. The molecule has 21 heavy (non-hydrogen) atoms. The van der Waals surface area contributed by atoms with E-state index in [4.69, 9.17) is 4.74 Å². The van der Waals surface area contributed by atoms with E-state index in [9.17, 15) is 4.79 Å². The van der Waals surface area contributed by atoms with Gasteiger partial charge in [-0.25, -0.2) is 4.98 Å². The summed E-state index contributed by atoms with van der Waals surface area (Å²) < 4.78 is 5.60. The molecule has 0 radical (unpaired) electrons. The normalized spacial score (nSPS) is 23.6. The third kappa shape index (κ3) is 3.29. The fourth-order valence-electron chi connectivity index (χ4n) is 2.64. The topological polar surface area (TPSA) is 42.4 Å². The zero-order valence-corrected chi connectivity index (χ0v) is 14.7. The van der Waals surface area contributed by atoms with Crippen LogP contribution in [0, 0.1) is 12.8 Å². The molecule has 5 heteroatoms. The van der Waals surface area contributed by atoms with Gasteiger partial charge in [0.1, 0.15) is 6.10 Å². The maximum absolute atomic E-state index is 12.6. The minimum absolute atomic E-state index is 0.0406. The molecule has 0 spiro atoms. The highest BCUT2D eigenvalue weighted by Gasteiger charge is 2.35. The summed E-state index contributed by atoms with van der Waals surface area (Å²) in [6, 6.07) is 0.0406. The Balaban J connectivity index is 2.15. The second kappa shape index (κ2) is 6.44. The summed E-state index contributed by atoms with van der Waals surface area (Å²) in [5.74, 6) is 0.821. The van der Waals surface area contributed by atoms with Crippen LogP contribution in [0.4, 0.5) is 0 Å². The Labute approximate surface area is 131 Å². The van der Waals surface area contributed by atoms with Crippen molar-refractivity contribution in [1.82, 2.24) is 9.88 Å². The number of carbonyl (C=O) groups excluding carboxylic acids is 1. The quantitative estimate of drug-likeness (QED) is 0.854. The number of aryl methyl sites for hydroxylation is 1. The molecule has 2 heterocycles. The number of thiazole rings is 1. The van der Waals surface area contributed by atoms with Crippen LogP contribution in [0.2, 0.25) is 0 Å². The Morgan fingerprint density at radius 2 is 2.10 bits per heavy atom. The number of aromatic nitrogens is 1. The Hall–Kier alpha value is -0.940. The number of carbonyl (C=O) groups is 1. The van der Waals surface area contributed by atoms with Crippen LogP contribution in [0.15, 0.2) is 0 Å². The van der Waals surface area contributed by atoms with E-state index in [0.29, 0.717) is 18.4 Å². The molecule has 0 aliphatic carbocycles. The number of rotatable bonds is 4. The Morgan fingerprint density at radius 3 is 2.57 bits per heavy atom. The highest BCUT2D eigenvalue weighted by molar-refractivity contribution is 7.11. The SMILES string of the molecule is Cc1nc(C(C)C)sc1[C@H](C)N(C)C(=O)[C@@H]1OCC[C@H]1C. The van der Waals surface area contributed by atoms with Gasteiger partial charge in [0.25, 0.3) is 5.91 Å². The van der Waals surface area contributed by atoms with Gasteiger partial charge in [-0.3, -0.25) is 4.79 Å². The summed E-state index contributed by atoms with van der Waals surface area (Å²) >= 11 is 1.72. The Bertz CT molecular complexity index is 512. The minimum atomic E-state index is -0.282. The maximum atomic E-state index is 12.6. The van der Waals surface area contributed by atoms with Gasteiger partial charge in [-0.1, -0.05) is 20.8 Å². The summed E-state index contributed by atoms with van der Waals surface area (Å²) in [5, 5.41) is 1.14. The van der Waals surface area contributed by atoms with Crippen molar-refractivity contribution in [1.29, 1.82) is 0 Å². The average Bonchev–Trinajstić information content (AvgIpc) is 3.02. The summed E-state index contributed by atoms with van der Waals surface area (Å²) in [7, 11) is 1.87. The standard InChI is InChI=1S/C16H26N2O2S/c1-9(2)15-17-11(4)14(21-15)12(5)18(6)16(19)13-10(3)7-8-20-13/h9-10,12-13H,7-8H2,1-6H3/t10-,12+,13-/m1/s1. The first-order valence-electron chi connectivity index (χ1n) is 7.68. The molecule has 1 aliphatic rings. The number of likely N-dealkylation sites (N-methyl/N-ethyl adjacent to an activating group) is 1. The van der Waals surface area contributed by atoms with Gasteiger partial charge < -0.3 is 9.64 Å². The molecule has 1 aliphatic heterocycles. The first-order valence-corrected chi connectivity index (χ1v) is 8.50. The number of hydrogen-bond donors (Lipinski definition) is 0. The molecule has 0 aromatic carbocycles. The molecule has 0 N–H and O–H groups in total. The molecular weight excluding hydrogens is 284 g/mol. The lowest BCUT2D eigenvalue weighted by Gasteiger charge is -2.28. The van der Waals surface area contributed by atoms with Gasteiger partial charge in [0.05, 0.1) is 16.7 Å². The number of ether oxygens (including phenoxy) is 1. The van der Waals surface area contributed by atoms with Crippen molar-refractivity contribution in [3.05, 3.63) is 15.6 Å². The van der Waals surface area contributed by atoms with Crippen LogP contribution in [0.3, 0.4) is 0 Å². The van der Waals surface area contributed by atoms with Gasteiger partial charge in [-0.2, -0.15) is 0 Å². The fraction of sp³-hybridized carbons (Fsp3) is 0.750. The van der Waals surface area contributed by atoms with E-state index < -0.39 is 0 Å². The molecular formula is C16H26N2O2S. The third-order valence-electron chi connectivity index (χ3n) is 4.28. The maximum Gasteiger partial charge on any atom is 0.252 e. The minimum Gasteiger partial charge on any atom is -0.368 e. The lowest BCUT2D eigenvalue weighted by molar-refractivity contribution is -0.143. The Morgan fingerprint density at radius 1 is 1.43 bits per heavy atom. The van der Waals surface area contributed by atoms with Crippen LogP contribution in [-0.2, 0) is 9.53 Å². The summed E-state index contributed by atoms with van der Waals surface area (Å²) in [6.45, 7) is 11.2. The average molecular weight is 310 g/mol. The molecule has 4 nitrogen and oxygen atoms in total. The third-order valence-corrected chi connectivity index (χ3v) is 5.91. The molecule has 0 saturated carbocycles. The lowest BCUT2D eigenvalue weighted by Crippen LogP contribution is -2.40. The van der Waals surface area contributed by atoms with Crippen LogP contribution in [0.1, 0.15) is 61.7 Å². The summed E-state index contributed by atoms with van der Waals surface area (Å²) in [6.07, 6.45) is 0.686. The van der Waals surface area contributed by atoms with Crippen molar-refractivity contribution < 1.29 is 9.53 Å². The fourth-order valence-corrected chi connectivity index (χ4v) is 3.81. The molecule has 1 amide bonds. The van der Waals surface area contributed by atoms with E-state index in [1.54, 1.807) is 11.3 Å². The number of nitrogens with zero attached hydrogens (tertiary/aromatic N) is 2. The van der Waals surface area contributed by atoms with Crippen LogP contribution < -0.4 is 0 Å². The number of amides is 1. The zero-order valence-electron chi connectivity index (χ0n) is 13.8. The van der Waals surface area contributed by atoms with Crippen molar-refractivity contribution in [3.8, 4) is 0 Å². The first kappa shape index (κ1) is 16.4. The highest BCUT2D eigenvalue weighted by Crippen LogP contribution is 2.33. The van der Waals surface area contributed by atoms with Gasteiger partial charge in [-0.15, -0.1) is 11.3 Å². The van der Waals surface area contributed by atoms with Crippen molar-refractivity contribution in [3.63, 3.8) is 0 Å². The van der Waals surface area contributed by atoms with Crippen molar-refractivity contribution in [2.45, 2.75) is 59.1 Å². The largest absolute Gasteiger partial charge is 0.368 e. The van der Waals surface area contributed by atoms with Gasteiger partial charge in [0, 0.05) is 24.4 Å². The molecule has 1 fully saturated rings. The molecule has 1 aromatic heterocycles. The monoisotopic (exact) mass is 310 g/mol. The van der Waals surface area contributed by atoms with E-state index in [1.165, 1.54) is 4.88 Å². The van der Waals surface area contributed by atoms with E-state index in [2.05, 4.69) is 32.7 Å². The number of hydrogen-bond acceptors (Lipinski definition) is 4. The molecule has 2 rings (SSSR count). The van der Waals surface area contributed by atoms with Crippen molar-refractivity contribution in [2.24, 2.45) is 5.92 Å². The van der Waals surface area contributed by atoms with Crippen molar-refractivity contribution in [2.75, 3.05) is 13.7 Å². The van der Waals surface area contributed by atoms with E-state index in [0.717, 1.165) is 17.1 Å². The van der Waals surface area contributed by atoms with Crippen LogP contribution >= 0.6 is 11.3 Å². The van der Waals surface area contributed by atoms with E-state index >= 15 is 0 Å². The smallest absolute Gasteiger partial charge is 0.252 e. The summed E-state index contributed by atoms with van der Waals surface area (Å²) in [5.41, 5.74) is 1.04. The van der Waals surface area contributed by atoms with Crippen LogP contribution in [0.25, 0.3) is 0 Å². The van der Waals surface area contributed by atoms with Gasteiger partial charge in [-0.05, 0) is 26.2 Å². The van der Waals surface area contributed by atoms with Gasteiger partial charge in [0.2, 0.25) is 0 Å². The predicted molar refractivity (Wildman–Crippen MR) is 85.6 cm³/mol. The second-order valence-electron chi connectivity index (χ2n) is 6.34. The van der Waals surface area contributed by atoms with E-state index in [-0.39, 0.29) is 18.1 Å². The van der Waals surface area contributed by atoms with Crippen LogP contribution in [-0.4, -0.2) is 35.5 Å². The Kier molecular flexibility index (Phi) is 5.04. The molecule has 0 bridgehead atoms. The molecule has 1 saturated heterocycles. The lowest BCUT2D eigenvalue weighted by atomic mass is 10.0. The second-order valence-corrected chi connectivity index (χ2v) is 7.40. The van der Waals surface area contributed by atoms with Crippen LogP contribution in [0.5, 0.6) is 0 Å². The van der Waals surface area contributed by atoms with Gasteiger partial charge in [0.15, 0.2) is 0 Å². The predicted octanol–water partition coefficient (Wildman–Crippen LogP) is 3.52. The highest BCUT2D eigenvalue weighted by atomic mass is 32.1. The van der Waals surface area contributed by atoms with E-state index in [1.807, 2.05) is 18.9 Å². The first-order chi connectivity index (χ1) is 9.82. The summed E-state index contributed by atoms with van der Waals surface area (Å²) in [4.78, 5) is 20.2. The molecule has 118 valence electrons.